The number of nitrogens with zero attached hydrogens (tertiary/aromatic N) is 1. The molecule has 13 heavy (non-hydrogen) atoms. The Morgan fingerprint density at radius 1 is 1.38 bits per heavy atom. The smallest absolute Gasteiger partial charge is 0.317 e. The summed E-state index contributed by atoms with van der Waals surface area (Å²) in [5, 5.41) is 2.71. The molecule has 4 bridgehead atoms. The number of amides is 2. The summed E-state index contributed by atoms with van der Waals surface area (Å²) < 4.78 is 0. The number of hydrogen-bond acceptors (Lipinski definition) is 1. The first kappa shape index (κ1) is 7.65. The summed E-state index contributed by atoms with van der Waals surface area (Å²) in [5.41, 5.74) is 0. The minimum absolute atomic E-state index is 0.0863. The summed E-state index contributed by atoms with van der Waals surface area (Å²) in [7, 11) is 3.65. The van der Waals surface area contributed by atoms with Crippen LogP contribution in [0.15, 0.2) is 0 Å². The highest BCUT2D eigenvalue weighted by atomic mass is 16.2. The molecule has 0 aliphatic heterocycles. The van der Waals surface area contributed by atoms with E-state index >= 15 is 0 Å². The number of carbonyl (C=O) groups is 1. The van der Waals surface area contributed by atoms with E-state index in [1.807, 2.05) is 11.9 Å². The number of carbonyl (C=O) groups excluding carboxylic acids is 1. The second-order valence-corrected chi connectivity index (χ2v) is 4.79. The Morgan fingerprint density at radius 3 is 2.38 bits per heavy atom. The first-order valence-corrected chi connectivity index (χ1v) is 5.18. The number of rotatable bonds is 1. The molecule has 4 fully saturated rings. The van der Waals surface area contributed by atoms with Crippen LogP contribution < -0.4 is 5.32 Å². The molecular weight excluding hydrogens is 164 g/mol. The van der Waals surface area contributed by atoms with Gasteiger partial charge in [-0.05, 0) is 36.5 Å². The van der Waals surface area contributed by atoms with E-state index in [9.17, 15) is 4.79 Å². The molecule has 1 N–H and O–H groups in total. The van der Waals surface area contributed by atoms with Crippen molar-refractivity contribution in [2.75, 3.05) is 14.1 Å². The minimum atomic E-state index is 0.0863. The zero-order valence-corrected chi connectivity index (χ0v) is 8.16. The van der Waals surface area contributed by atoms with Crippen molar-refractivity contribution in [3.63, 3.8) is 0 Å². The standard InChI is InChI=1S/C10H16N2O/c1-11-10(13)12(2)9-5-3-6-7(4-5)8(6)9/h5-9H,3-4H2,1-2H3,(H,11,13). The van der Waals surface area contributed by atoms with E-state index in [0.717, 1.165) is 23.7 Å². The summed E-state index contributed by atoms with van der Waals surface area (Å²) in [4.78, 5) is 13.4. The largest absolute Gasteiger partial charge is 0.341 e. The van der Waals surface area contributed by atoms with E-state index in [-0.39, 0.29) is 6.03 Å². The highest BCUT2D eigenvalue weighted by molar-refractivity contribution is 5.74. The minimum Gasteiger partial charge on any atom is -0.341 e. The van der Waals surface area contributed by atoms with Crippen LogP contribution >= 0.6 is 0 Å². The molecule has 0 heterocycles. The maximum atomic E-state index is 11.4. The van der Waals surface area contributed by atoms with Crippen LogP contribution in [-0.2, 0) is 0 Å². The van der Waals surface area contributed by atoms with E-state index in [0.29, 0.717) is 6.04 Å². The lowest BCUT2D eigenvalue weighted by molar-refractivity contribution is 0.179. The molecule has 3 unspecified atom stereocenters. The summed E-state index contributed by atoms with van der Waals surface area (Å²) >= 11 is 0. The van der Waals surface area contributed by atoms with Crippen molar-refractivity contribution >= 4 is 6.03 Å². The quantitative estimate of drug-likeness (QED) is 0.639. The van der Waals surface area contributed by atoms with Crippen LogP contribution in [0.1, 0.15) is 12.8 Å². The number of urea groups is 1. The lowest BCUT2D eigenvalue weighted by Crippen LogP contribution is -2.44. The van der Waals surface area contributed by atoms with Gasteiger partial charge < -0.3 is 10.2 Å². The molecule has 0 aromatic heterocycles. The fourth-order valence-corrected chi connectivity index (χ4v) is 3.92. The molecular formula is C10H16N2O. The normalized spacial score (nSPS) is 49.2. The van der Waals surface area contributed by atoms with Crippen molar-refractivity contribution in [1.82, 2.24) is 10.2 Å². The van der Waals surface area contributed by atoms with E-state index in [4.69, 9.17) is 0 Å². The molecule has 0 saturated heterocycles. The van der Waals surface area contributed by atoms with Crippen molar-refractivity contribution < 1.29 is 4.79 Å². The third-order valence-corrected chi connectivity index (χ3v) is 4.41. The molecule has 3 atom stereocenters. The lowest BCUT2D eigenvalue weighted by Gasteiger charge is -2.27. The van der Waals surface area contributed by atoms with Gasteiger partial charge in [-0.3, -0.25) is 0 Å². The monoisotopic (exact) mass is 180 g/mol. The molecule has 0 radical (unpaired) electrons. The van der Waals surface area contributed by atoms with E-state index in [1.165, 1.54) is 12.8 Å². The van der Waals surface area contributed by atoms with Gasteiger partial charge in [0.05, 0.1) is 0 Å². The Balaban J connectivity index is 1.77. The summed E-state index contributed by atoms with van der Waals surface area (Å²) in [6, 6.07) is 0.651. The number of nitrogens with one attached hydrogen (secondary N) is 1. The van der Waals surface area contributed by atoms with Gasteiger partial charge in [0.25, 0.3) is 0 Å². The van der Waals surface area contributed by atoms with Crippen LogP contribution in [0.2, 0.25) is 0 Å². The molecule has 4 saturated carbocycles. The SMILES string of the molecule is CNC(=O)N(C)C1C2CC3C(C2)C31. The van der Waals surface area contributed by atoms with Crippen molar-refractivity contribution in [3.05, 3.63) is 0 Å². The summed E-state index contributed by atoms with van der Waals surface area (Å²) in [6.07, 6.45) is 2.78. The molecule has 4 rings (SSSR count). The summed E-state index contributed by atoms with van der Waals surface area (Å²) in [6.45, 7) is 0. The van der Waals surface area contributed by atoms with Gasteiger partial charge in [-0.1, -0.05) is 0 Å². The Labute approximate surface area is 78.5 Å². The third-order valence-electron chi connectivity index (χ3n) is 4.41. The lowest BCUT2D eigenvalue weighted by atomic mass is 10.1. The van der Waals surface area contributed by atoms with Crippen molar-refractivity contribution in [2.24, 2.45) is 23.7 Å². The fourth-order valence-electron chi connectivity index (χ4n) is 3.92. The molecule has 2 amide bonds. The van der Waals surface area contributed by atoms with Crippen LogP contribution in [-0.4, -0.2) is 31.1 Å². The highest BCUT2D eigenvalue weighted by Gasteiger charge is 2.69. The molecule has 0 aromatic carbocycles. The molecule has 3 heteroatoms. The van der Waals surface area contributed by atoms with Gasteiger partial charge in [-0.25, -0.2) is 4.79 Å². The Morgan fingerprint density at radius 2 is 2.00 bits per heavy atom. The maximum absolute atomic E-state index is 11.4. The van der Waals surface area contributed by atoms with Gasteiger partial charge in [-0.2, -0.15) is 0 Å². The van der Waals surface area contributed by atoms with Crippen molar-refractivity contribution in [3.8, 4) is 0 Å². The van der Waals surface area contributed by atoms with Crippen LogP contribution in [0.3, 0.4) is 0 Å². The predicted octanol–water partition coefficient (Wildman–Crippen LogP) is 0.912. The van der Waals surface area contributed by atoms with Crippen molar-refractivity contribution in [2.45, 2.75) is 18.9 Å². The molecule has 72 valence electrons. The first-order chi connectivity index (χ1) is 6.24. The highest BCUT2D eigenvalue weighted by Crippen LogP contribution is 2.71. The van der Waals surface area contributed by atoms with Gasteiger partial charge in [-0.15, -0.1) is 0 Å². The maximum Gasteiger partial charge on any atom is 0.317 e. The second-order valence-electron chi connectivity index (χ2n) is 4.79. The van der Waals surface area contributed by atoms with Crippen molar-refractivity contribution in [1.29, 1.82) is 0 Å². The molecule has 0 spiro atoms. The topological polar surface area (TPSA) is 32.3 Å². The molecule has 0 aromatic rings. The Bertz CT molecular complexity index is 252. The zero-order valence-electron chi connectivity index (χ0n) is 8.16. The van der Waals surface area contributed by atoms with E-state index in [2.05, 4.69) is 5.32 Å². The molecule has 4 aliphatic rings. The predicted molar refractivity (Wildman–Crippen MR) is 49.2 cm³/mol. The second kappa shape index (κ2) is 2.20. The third kappa shape index (κ3) is 0.779. The zero-order chi connectivity index (χ0) is 9.16. The van der Waals surface area contributed by atoms with Gasteiger partial charge >= 0.3 is 6.03 Å². The van der Waals surface area contributed by atoms with Gasteiger partial charge in [0.15, 0.2) is 0 Å². The van der Waals surface area contributed by atoms with Crippen LogP contribution in [0.5, 0.6) is 0 Å². The average Bonchev–Trinajstić information content (AvgIpc) is 2.65. The van der Waals surface area contributed by atoms with Gasteiger partial charge in [0, 0.05) is 20.1 Å². The van der Waals surface area contributed by atoms with Gasteiger partial charge in [0.2, 0.25) is 0 Å². The van der Waals surface area contributed by atoms with E-state index < -0.39 is 0 Å². The number of hydrogen-bond donors (Lipinski definition) is 1. The Kier molecular flexibility index (Phi) is 1.29. The molecule has 3 nitrogen and oxygen atoms in total. The van der Waals surface area contributed by atoms with Crippen LogP contribution in [0.4, 0.5) is 4.79 Å². The average molecular weight is 180 g/mol. The van der Waals surface area contributed by atoms with Gasteiger partial charge in [0.1, 0.15) is 0 Å². The molecule has 4 aliphatic carbocycles. The Hall–Kier alpha value is -0.730. The first-order valence-electron chi connectivity index (χ1n) is 5.18. The summed E-state index contributed by atoms with van der Waals surface area (Å²) in [5.74, 6) is 3.67. The fraction of sp³-hybridized carbons (Fsp3) is 0.900. The van der Waals surface area contributed by atoms with Crippen LogP contribution in [0, 0.1) is 23.7 Å². The van der Waals surface area contributed by atoms with E-state index in [1.54, 1.807) is 7.05 Å². The van der Waals surface area contributed by atoms with Crippen LogP contribution in [0.25, 0.3) is 0 Å².